The number of nitrogens with zero attached hydrogens (tertiary/aromatic N) is 1. The molecule has 0 fully saturated rings. The molecule has 0 atom stereocenters. The van der Waals surface area contributed by atoms with Crippen LogP contribution in [0.4, 0.5) is 0 Å². The highest BCUT2D eigenvalue weighted by Crippen LogP contribution is 2.22. The van der Waals surface area contributed by atoms with Crippen molar-refractivity contribution in [2.24, 2.45) is 0 Å². The van der Waals surface area contributed by atoms with Gasteiger partial charge in [-0.05, 0) is 52.0 Å². The van der Waals surface area contributed by atoms with Gasteiger partial charge in [0.25, 0.3) is 0 Å². The largest absolute Gasteiger partial charge is 0.485 e. The van der Waals surface area contributed by atoms with Crippen LogP contribution in [0.3, 0.4) is 0 Å². The van der Waals surface area contributed by atoms with Gasteiger partial charge >= 0.3 is 0 Å². The molecule has 3 nitrogen and oxygen atoms in total. The monoisotopic (exact) mass is 349 g/mol. The van der Waals surface area contributed by atoms with Gasteiger partial charge in [-0.1, -0.05) is 22.0 Å². The van der Waals surface area contributed by atoms with E-state index in [1.54, 1.807) is 0 Å². The number of rotatable bonds is 5. The molecule has 0 N–H and O–H groups in total. The molecule has 1 heterocycles. The SMILES string of the molecule is Cc1cc(C(=O)COc2cccc(Br)c2)c(C)n1C(C)C. The van der Waals surface area contributed by atoms with Crippen LogP contribution in [0.15, 0.2) is 34.8 Å². The van der Waals surface area contributed by atoms with Crippen LogP contribution in [0.2, 0.25) is 0 Å². The average molecular weight is 350 g/mol. The Labute approximate surface area is 134 Å². The third-order valence-electron chi connectivity index (χ3n) is 3.47. The number of hydrogen-bond acceptors (Lipinski definition) is 2. The molecular weight excluding hydrogens is 330 g/mol. The highest BCUT2D eigenvalue weighted by atomic mass is 79.9. The van der Waals surface area contributed by atoms with E-state index >= 15 is 0 Å². The fraction of sp³-hybridized carbons (Fsp3) is 0.353. The van der Waals surface area contributed by atoms with Gasteiger partial charge in [0, 0.05) is 27.5 Å². The van der Waals surface area contributed by atoms with Crippen LogP contribution in [0.5, 0.6) is 5.75 Å². The predicted octanol–water partition coefficient (Wildman–Crippen LogP) is 4.71. The molecule has 0 aliphatic carbocycles. The lowest BCUT2D eigenvalue weighted by atomic mass is 10.1. The zero-order valence-electron chi connectivity index (χ0n) is 12.8. The predicted molar refractivity (Wildman–Crippen MR) is 88.3 cm³/mol. The number of ether oxygens (including phenoxy) is 1. The highest BCUT2D eigenvalue weighted by Gasteiger charge is 2.17. The van der Waals surface area contributed by atoms with Gasteiger partial charge in [-0.2, -0.15) is 0 Å². The average Bonchev–Trinajstić information content (AvgIpc) is 2.71. The van der Waals surface area contributed by atoms with Gasteiger partial charge < -0.3 is 9.30 Å². The minimum atomic E-state index is 0.00924. The summed E-state index contributed by atoms with van der Waals surface area (Å²) in [6, 6.07) is 9.79. The highest BCUT2D eigenvalue weighted by molar-refractivity contribution is 9.10. The van der Waals surface area contributed by atoms with Gasteiger partial charge in [0.15, 0.2) is 6.61 Å². The molecule has 1 aromatic heterocycles. The Morgan fingerprint density at radius 3 is 2.57 bits per heavy atom. The van der Waals surface area contributed by atoms with Crippen LogP contribution < -0.4 is 4.74 Å². The van der Waals surface area contributed by atoms with Crippen molar-refractivity contribution >= 4 is 21.7 Å². The lowest BCUT2D eigenvalue weighted by molar-refractivity contribution is 0.0920. The Kier molecular flexibility index (Phi) is 4.88. The molecule has 0 radical (unpaired) electrons. The van der Waals surface area contributed by atoms with Gasteiger partial charge in [0.05, 0.1) is 0 Å². The summed E-state index contributed by atoms with van der Waals surface area (Å²) in [5, 5.41) is 0. The van der Waals surface area contributed by atoms with E-state index in [1.165, 1.54) is 0 Å². The molecule has 2 rings (SSSR count). The van der Waals surface area contributed by atoms with Crippen LogP contribution in [0.1, 0.15) is 41.6 Å². The number of carbonyl (C=O) groups is 1. The summed E-state index contributed by atoms with van der Waals surface area (Å²) in [5.41, 5.74) is 2.86. The van der Waals surface area contributed by atoms with Gasteiger partial charge in [-0.15, -0.1) is 0 Å². The van der Waals surface area contributed by atoms with Crippen molar-refractivity contribution < 1.29 is 9.53 Å². The molecule has 0 aliphatic heterocycles. The Morgan fingerprint density at radius 1 is 1.29 bits per heavy atom. The van der Waals surface area contributed by atoms with Crippen molar-refractivity contribution in [3.8, 4) is 5.75 Å². The maximum Gasteiger partial charge on any atom is 0.202 e. The van der Waals surface area contributed by atoms with Crippen molar-refractivity contribution in [1.82, 2.24) is 4.57 Å². The number of aromatic nitrogens is 1. The molecule has 112 valence electrons. The summed E-state index contributed by atoms with van der Waals surface area (Å²) in [6.07, 6.45) is 0. The molecule has 2 aromatic rings. The zero-order chi connectivity index (χ0) is 15.6. The first-order valence-electron chi connectivity index (χ1n) is 7.00. The third kappa shape index (κ3) is 3.56. The second kappa shape index (κ2) is 6.48. The number of benzene rings is 1. The number of hydrogen-bond donors (Lipinski definition) is 0. The van der Waals surface area contributed by atoms with E-state index in [0.29, 0.717) is 11.8 Å². The van der Waals surface area contributed by atoms with Crippen molar-refractivity contribution in [1.29, 1.82) is 0 Å². The van der Waals surface area contributed by atoms with E-state index in [9.17, 15) is 4.79 Å². The maximum absolute atomic E-state index is 12.4. The van der Waals surface area contributed by atoms with E-state index in [0.717, 1.165) is 21.4 Å². The minimum Gasteiger partial charge on any atom is -0.485 e. The standard InChI is InChI=1S/C17H20BrNO2/c1-11(2)19-12(3)8-16(13(19)4)17(20)10-21-15-7-5-6-14(18)9-15/h5-9,11H,10H2,1-4H3. The summed E-state index contributed by atoms with van der Waals surface area (Å²) in [7, 11) is 0. The van der Waals surface area contributed by atoms with E-state index in [-0.39, 0.29) is 12.4 Å². The molecule has 0 saturated carbocycles. The molecule has 4 heteroatoms. The molecule has 0 unspecified atom stereocenters. The smallest absolute Gasteiger partial charge is 0.202 e. The van der Waals surface area contributed by atoms with Crippen molar-refractivity contribution in [3.63, 3.8) is 0 Å². The molecule has 0 aliphatic rings. The fourth-order valence-electron chi connectivity index (χ4n) is 2.64. The van der Waals surface area contributed by atoms with Crippen LogP contribution in [0.25, 0.3) is 0 Å². The Balaban J connectivity index is 2.12. The third-order valence-corrected chi connectivity index (χ3v) is 3.96. The first-order valence-corrected chi connectivity index (χ1v) is 7.79. The van der Waals surface area contributed by atoms with Gasteiger partial charge in [0.2, 0.25) is 5.78 Å². The van der Waals surface area contributed by atoms with E-state index in [1.807, 2.05) is 44.2 Å². The summed E-state index contributed by atoms with van der Waals surface area (Å²) in [5.74, 6) is 0.699. The van der Waals surface area contributed by atoms with Gasteiger partial charge in [0.1, 0.15) is 5.75 Å². The fourth-order valence-corrected chi connectivity index (χ4v) is 3.02. The Morgan fingerprint density at radius 2 is 2.00 bits per heavy atom. The first-order chi connectivity index (χ1) is 9.90. The van der Waals surface area contributed by atoms with Crippen molar-refractivity contribution in [2.45, 2.75) is 33.7 Å². The second-order valence-electron chi connectivity index (χ2n) is 5.42. The summed E-state index contributed by atoms with van der Waals surface area (Å²) >= 11 is 3.39. The number of carbonyl (C=O) groups excluding carboxylic acids is 1. The quantitative estimate of drug-likeness (QED) is 0.732. The minimum absolute atomic E-state index is 0.00924. The molecule has 0 amide bonds. The molecular formula is C17H20BrNO2. The maximum atomic E-state index is 12.4. The molecule has 0 bridgehead atoms. The summed E-state index contributed by atoms with van der Waals surface area (Å²) in [6.45, 7) is 8.30. The van der Waals surface area contributed by atoms with Crippen LogP contribution >= 0.6 is 15.9 Å². The molecule has 21 heavy (non-hydrogen) atoms. The van der Waals surface area contributed by atoms with Crippen LogP contribution in [0, 0.1) is 13.8 Å². The number of ketones is 1. The summed E-state index contributed by atoms with van der Waals surface area (Å²) in [4.78, 5) is 12.4. The molecule has 1 aromatic carbocycles. The lowest BCUT2D eigenvalue weighted by Crippen LogP contribution is -2.13. The van der Waals surface area contributed by atoms with E-state index < -0.39 is 0 Å². The van der Waals surface area contributed by atoms with Crippen molar-refractivity contribution in [2.75, 3.05) is 6.61 Å². The van der Waals surface area contributed by atoms with Crippen LogP contribution in [-0.4, -0.2) is 17.0 Å². The second-order valence-corrected chi connectivity index (χ2v) is 6.33. The lowest BCUT2D eigenvalue weighted by Gasteiger charge is -2.13. The number of Topliss-reactive ketones (excluding diaryl/α,β-unsaturated/α-hetero) is 1. The van der Waals surface area contributed by atoms with Gasteiger partial charge in [-0.3, -0.25) is 4.79 Å². The van der Waals surface area contributed by atoms with Crippen molar-refractivity contribution in [3.05, 3.63) is 51.8 Å². The zero-order valence-corrected chi connectivity index (χ0v) is 14.4. The normalized spacial score (nSPS) is 11.0. The topological polar surface area (TPSA) is 31.2 Å². The van der Waals surface area contributed by atoms with E-state index in [4.69, 9.17) is 4.74 Å². The first kappa shape index (κ1) is 15.8. The van der Waals surface area contributed by atoms with Gasteiger partial charge in [-0.25, -0.2) is 0 Å². The van der Waals surface area contributed by atoms with Crippen LogP contribution in [-0.2, 0) is 0 Å². The molecule has 0 spiro atoms. The Bertz CT molecular complexity index is 659. The number of aryl methyl sites for hydroxylation is 1. The molecule has 0 saturated heterocycles. The summed E-state index contributed by atoms with van der Waals surface area (Å²) < 4.78 is 8.69. The Hall–Kier alpha value is -1.55. The number of halogens is 1. The van der Waals surface area contributed by atoms with E-state index in [2.05, 4.69) is 34.3 Å².